The summed E-state index contributed by atoms with van der Waals surface area (Å²) in [6.45, 7) is 3.29. The molecule has 0 spiro atoms. The van der Waals surface area contributed by atoms with Crippen molar-refractivity contribution in [1.82, 2.24) is 9.97 Å². The molecule has 1 atom stereocenters. The van der Waals surface area contributed by atoms with Gasteiger partial charge >= 0.3 is 0 Å². The first kappa shape index (κ1) is 16.8. The van der Waals surface area contributed by atoms with Crippen LogP contribution in [0.4, 0.5) is 17.5 Å². The number of nitrogens with zero attached hydrogens (tertiary/aromatic N) is 3. The molecule has 1 unspecified atom stereocenters. The molecule has 2 heterocycles. The Morgan fingerprint density at radius 3 is 3.00 bits per heavy atom. The third-order valence-corrected chi connectivity index (χ3v) is 4.68. The molecule has 2 aromatic rings. The van der Waals surface area contributed by atoms with E-state index < -0.39 is 0 Å². The molecule has 1 saturated heterocycles. The molecule has 0 radical (unpaired) electrons. The second kappa shape index (κ2) is 7.71. The van der Waals surface area contributed by atoms with Crippen molar-refractivity contribution >= 4 is 29.1 Å². The summed E-state index contributed by atoms with van der Waals surface area (Å²) >= 11 is 6.09. The Kier molecular flexibility index (Phi) is 5.41. The van der Waals surface area contributed by atoms with Crippen LogP contribution in [0.25, 0.3) is 0 Å². The number of nitrogens with one attached hydrogen (secondary N) is 1. The molecule has 0 bridgehead atoms. The van der Waals surface area contributed by atoms with Gasteiger partial charge in [0.1, 0.15) is 11.6 Å². The van der Waals surface area contributed by atoms with Crippen molar-refractivity contribution < 1.29 is 4.74 Å². The topological polar surface area (TPSA) is 50.3 Å². The summed E-state index contributed by atoms with van der Waals surface area (Å²) in [5.41, 5.74) is 0.757. The normalized spacial score (nSPS) is 17.6. The Labute approximate surface area is 148 Å². The van der Waals surface area contributed by atoms with Crippen LogP contribution < -0.4 is 15.0 Å². The zero-order valence-electron chi connectivity index (χ0n) is 14.1. The van der Waals surface area contributed by atoms with Gasteiger partial charge in [-0.05, 0) is 49.9 Å². The fraction of sp³-hybridized carbons (Fsp3) is 0.444. The van der Waals surface area contributed by atoms with E-state index in [4.69, 9.17) is 21.3 Å². The SMILES string of the molecule is CCC1CCCCN1c1ccnc(Nc2cc(Cl)ccc2OC)n1. The number of piperidine rings is 1. The molecule has 1 aromatic heterocycles. The van der Waals surface area contributed by atoms with E-state index >= 15 is 0 Å². The molecule has 1 aliphatic rings. The van der Waals surface area contributed by atoms with Crippen molar-refractivity contribution in [3.63, 3.8) is 0 Å². The van der Waals surface area contributed by atoms with Gasteiger partial charge < -0.3 is 15.0 Å². The Morgan fingerprint density at radius 2 is 2.21 bits per heavy atom. The van der Waals surface area contributed by atoms with Crippen LogP contribution in [0.3, 0.4) is 0 Å². The standard InChI is InChI=1S/C18H23ClN4O/c1-3-14-6-4-5-11-23(14)17-9-10-20-18(22-17)21-15-12-13(19)7-8-16(15)24-2/h7-10,12,14H,3-6,11H2,1-2H3,(H,20,21,22). The number of hydrogen-bond donors (Lipinski definition) is 1. The highest BCUT2D eigenvalue weighted by atomic mass is 35.5. The van der Waals surface area contributed by atoms with Crippen LogP contribution in [0.5, 0.6) is 5.75 Å². The molecule has 1 aliphatic heterocycles. The Hall–Kier alpha value is -2.01. The van der Waals surface area contributed by atoms with Crippen LogP contribution in [0.2, 0.25) is 5.02 Å². The molecule has 1 fully saturated rings. The Bertz CT molecular complexity index is 694. The summed E-state index contributed by atoms with van der Waals surface area (Å²) in [5, 5.41) is 3.85. The first-order chi connectivity index (χ1) is 11.7. The zero-order chi connectivity index (χ0) is 16.9. The number of anilines is 3. The molecule has 0 amide bonds. The van der Waals surface area contributed by atoms with Crippen LogP contribution in [-0.4, -0.2) is 29.7 Å². The number of rotatable bonds is 5. The third-order valence-electron chi connectivity index (χ3n) is 4.44. The van der Waals surface area contributed by atoms with Crippen LogP contribution in [0.1, 0.15) is 32.6 Å². The summed E-state index contributed by atoms with van der Waals surface area (Å²) in [4.78, 5) is 11.4. The monoisotopic (exact) mass is 346 g/mol. The van der Waals surface area contributed by atoms with E-state index in [1.165, 1.54) is 19.3 Å². The highest BCUT2D eigenvalue weighted by Gasteiger charge is 2.22. The Morgan fingerprint density at radius 1 is 1.33 bits per heavy atom. The minimum Gasteiger partial charge on any atom is -0.495 e. The van der Waals surface area contributed by atoms with Crippen molar-refractivity contribution in [3.8, 4) is 5.75 Å². The largest absolute Gasteiger partial charge is 0.495 e. The van der Waals surface area contributed by atoms with E-state index in [0.717, 1.165) is 24.5 Å². The van der Waals surface area contributed by atoms with E-state index in [1.807, 2.05) is 18.2 Å². The molecule has 128 valence electrons. The van der Waals surface area contributed by atoms with Gasteiger partial charge in [-0.3, -0.25) is 0 Å². The quantitative estimate of drug-likeness (QED) is 0.853. The highest BCUT2D eigenvalue weighted by molar-refractivity contribution is 6.31. The van der Waals surface area contributed by atoms with Crippen LogP contribution in [0, 0.1) is 0 Å². The van der Waals surface area contributed by atoms with E-state index in [2.05, 4.69) is 22.1 Å². The maximum atomic E-state index is 6.09. The lowest BCUT2D eigenvalue weighted by Gasteiger charge is -2.36. The van der Waals surface area contributed by atoms with E-state index in [-0.39, 0.29) is 0 Å². The zero-order valence-corrected chi connectivity index (χ0v) is 14.9. The van der Waals surface area contributed by atoms with Gasteiger partial charge in [0.25, 0.3) is 0 Å². The fourth-order valence-electron chi connectivity index (χ4n) is 3.19. The van der Waals surface area contributed by atoms with Crippen molar-refractivity contribution in [1.29, 1.82) is 0 Å². The second-order valence-electron chi connectivity index (χ2n) is 5.96. The molecule has 6 heteroatoms. The first-order valence-corrected chi connectivity index (χ1v) is 8.79. The van der Waals surface area contributed by atoms with E-state index in [1.54, 1.807) is 19.4 Å². The first-order valence-electron chi connectivity index (χ1n) is 8.41. The molecular formula is C18H23ClN4O. The van der Waals surface area contributed by atoms with Gasteiger partial charge in [0.15, 0.2) is 0 Å². The van der Waals surface area contributed by atoms with Crippen LogP contribution in [-0.2, 0) is 0 Å². The number of ether oxygens (including phenoxy) is 1. The van der Waals surface area contributed by atoms with E-state index in [0.29, 0.717) is 22.8 Å². The summed E-state index contributed by atoms with van der Waals surface area (Å²) < 4.78 is 5.37. The minimum atomic E-state index is 0.550. The predicted molar refractivity (Wildman–Crippen MR) is 98.6 cm³/mol. The lowest BCUT2D eigenvalue weighted by Crippen LogP contribution is -2.39. The predicted octanol–water partition coefficient (Wildman–Crippen LogP) is 4.65. The maximum absolute atomic E-state index is 6.09. The average Bonchev–Trinajstić information content (AvgIpc) is 2.62. The molecule has 0 saturated carbocycles. The molecule has 1 aromatic carbocycles. The summed E-state index contributed by atoms with van der Waals surface area (Å²) in [6, 6.07) is 7.97. The lowest BCUT2D eigenvalue weighted by molar-refractivity contribution is 0.417. The maximum Gasteiger partial charge on any atom is 0.229 e. The molecule has 3 rings (SSSR count). The van der Waals surface area contributed by atoms with Crippen LogP contribution in [0.15, 0.2) is 30.5 Å². The Balaban J connectivity index is 1.84. The number of methoxy groups -OCH3 is 1. The van der Waals surface area contributed by atoms with Gasteiger partial charge in [-0.25, -0.2) is 4.98 Å². The number of benzene rings is 1. The van der Waals surface area contributed by atoms with Gasteiger partial charge in [-0.15, -0.1) is 0 Å². The summed E-state index contributed by atoms with van der Waals surface area (Å²) in [5.74, 6) is 2.23. The van der Waals surface area contributed by atoms with Crippen LogP contribution >= 0.6 is 11.6 Å². The second-order valence-corrected chi connectivity index (χ2v) is 6.40. The van der Waals surface area contributed by atoms with Gasteiger partial charge in [-0.1, -0.05) is 18.5 Å². The van der Waals surface area contributed by atoms with Crippen molar-refractivity contribution in [3.05, 3.63) is 35.5 Å². The lowest BCUT2D eigenvalue weighted by atomic mass is 10.0. The number of hydrogen-bond acceptors (Lipinski definition) is 5. The molecule has 5 nitrogen and oxygen atoms in total. The summed E-state index contributed by atoms with van der Waals surface area (Å²) in [7, 11) is 1.63. The molecule has 24 heavy (non-hydrogen) atoms. The molecular weight excluding hydrogens is 324 g/mol. The van der Waals surface area contributed by atoms with Gasteiger partial charge in [0, 0.05) is 23.8 Å². The van der Waals surface area contributed by atoms with Gasteiger partial charge in [0.05, 0.1) is 12.8 Å². The van der Waals surface area contributed by atoms with Gasteiger partial charge in [0.2, 0.25) is 5.95 Å². The highest BCUT2D eigenvalue weighted by Crippen LogP contribution is 2.30. The minimum absolute atomic E-state index is 0.550. The molecule has 1 N–H and O–H groups in total. The van der Waals surface area contributed by atoms with Crippen molar-refractivity contribution in [2.24, 2.45) is 0 Å². The third kappa shape index (κ3) is 3.73. The molecule has 0 aliphatic carbocycles. The van der Waals surface area contributed by atoms with Crippen molar-refractivity contribution in [2.75, 3.05) is 23.9 Å². The van der Waals surface area contributed by atoms with E-state index in [9.17, 15) is 0 Å². The smallest absolute Gasteiger partial charge is 0.229 e. The fourth-order valence-corrected chi connectivity index (χ4v) is 3.37. The van der Waals surface area contributed by atoms with Gasteiger partial charge in [-0.2, -0.15) is 4.98 Å². The van der Waals surface area contributed by atoms with Crippen molar-refractivity contribution in [2.45, 2.75) is 38.6 Å². The number of halogens is 1. The number of aromatic nitrogens is 2. The summed E-state index contributed by atoms with van der Waals surface area (Å²) in [6.07, 6.45) is 6.67. The average molecular weight is 347 g/mol.